The second-order valence-corrected chi connectivity index (χ2v) is 4.73. The molecule has 0 atom stereocenters. The molecule has 0 unspecified atom stereocenters. The monoisotopic (exact) mass is 229 g/mol. The summed E-state index contributed by atoms with van der Waals surface area (Å²) in [6.07, 6.45) is 2.48. The fourth-order valence-corrected chi connectivity index (χ4v) is 2.51. The zero-order valence-corrected chi connectivity index (χ0v) is 10.00. The van der Waals surface area contributed by atoms with Crippen LogP contribution in [0.3, 0.4) is 0 Å². The molecule has 2 N–H and O–H groups in total. The first-order chi connectivity index (χ1) is 6.77. The summed E-state index contributed by atoms with van der Waals surface area (Å²) >= 11 is 7.76. The Hall–Kier alpha value is -0.180. The van der Waals surface area contributed by atoms with Crippen molar-refractivity contribution < 1.29 is 0 Å². The minimum absolute atomic E-state index is 0.565. The van der Waals surface area contributed by atoms with E-state index >= 15 is 0 Å². The molecule has 0 spiro atoms. The second kappa shape index (κ2) is 6.33. The number of hydrogen-bond donors (Lipinski definition) is 1. The van der Waals surface area contributed by atoms with Crippen LogP contribution in [-0.4, -0.2) is 5.75 Å². The molecule has 0 saturated carbocycles. The van der Waals surface area contributed by atoms with Crippen LogP contribution in [0.2, 0.25) is 5.02 Å². The van der Waals surface area contributed by atoms with Crippen LogP contribution in [0, 0.1) is 0 Å². The van der Waals surface area contributed by atoms with Crippen LogP contribution in [-0.2, 0) is 6.54 Å². The quantitative estimate of drug-likeness (QED) is 0.616. The number of thioether (sulfide) groups is 1. The number of hydrogen-bond acceptors (Lipinski definition) is 2. The minimum atomic E-state index is 0.565. The van der Waals surface area contributed by atoms with Crippen molar-refractivity contribution in [2.75, 3.05) is 5.75 Å². The molecule has 78 valence electrons. The van der Waals surface area contributed by atoms with Crippen LogP contribution in [0.5, 0.6) is 0 Å². The smallest absolute Gasteiger partial charge is 0.0410 e. The van der Waals surface area contributed by atoms with Crippen LogP contribution in [0.1, 0.15) is 25.3 Å². The second-order valence-electron chi connectivity index (χ2n) is 3.16. The van der Waals surface area contributed by atoms with Crippen LogP contribution >= 0.6 is 23.4 Å². The first-order valence-corrected chi connectivity index (χ1v) is 6.25. The summed E-state index contributed by atoms with van der Waals surface area (Å²) in [7, 11) is 0. The number of rotatable bonds is 5. The lowest BCUT2D eigenvalue weighted by molar-refractivity contribution is 0.895. The van der Waals surface area contributed by atoms with Gasteiger partial charge in [-0.2, -0.15) is 0 Å². The van der Waals surface area contributed by atoms with Gasteiger partial charge in [0.15, 0.2) is 0 Å². The molecule has 14 heavy (non-hydrogen) atoms. The highest BCUT2D eigenvalue weighted by Gasteiger charge is 2.01. The van der Waals surface area contributed by atoms with E-state index in [1.807, 2.05) is 23.9 Å². The third kappa shape index (κ3) is 3.52. The summed E-state index contributed by atoms with van der Waals surface area (Å²) in [5.41, 5.74) is 6.80. The average molecular weight is 230 g/mol. The molecule has 1 aromatic carbocycles. The Morgan fingerprint density at radius 3 is 2.86 bits per heavy atom. The zero-order valence-electron chi connectivity index (χ0n) is 8.42. The molecule has 1 aromatic rings. The van der Waals surface area contributed by atoms with Gasteiger partial charge in [-0.05, 0) is 35.9 Å². The highest BCUT2D eigenvalue weighted by Crippen LogP contribution is 2.26. The Morgan fingerprint density at radius 2 is 2.21 bits per heavy atom. The maximum Gasteiger partial charge on any atom is 0.0410 e. The lowest BCUT2D eigenvalue weighted by atomic mass is 10.2. The van der Waals surface area contributed by atoms with E-state index in [1.54, 1.807) is 0 Å². The van der Waals surface area contributed by atoms with E-state index in [9.17, 15) is 0 Å². The number of nitrogens with two attached hydrogens (primary N) is 1. The van der Waals surface area contributed by atoms with Gasteiger partial charge in [0.25, 0.3) is 0 Å². The number of benzene rings is 1. The van der Waals surface area contributed by atoms with Crippen molar-refractivity contribution in [2.45, 2.75) is 31.2 Å². The summed E-state index contributed by atoms with van der Waals surface area (Å²) in [5, 5.41) is 0.769. The van der Waals surface area contributed by atoms with Gasteiger partial charge in [-0.15, -0.1) is 11.8 Å². The third-order valence-corrected chi connectivity index (χ3v) is 3.44. The van der Waals surface area contributed by atoms with Crippen molar-refractivity contribution in [1.29, 1.82) is 0 Å². The molecule has 1 nitrogen and oxygen atoms in total. The van der Waals surface area contributed by atoms with Gasteiger partial charge in [-0.1, -0.05) is 24.9 Å². The van der Waals surface area contributed by atoms with Gasteiger partial charge < -0.3 is 5.73 Å². The highest BCUT2D eigenvalue weighted by atomic mass is 35.5. The number of halogens is 1. The van der Waals surface area contributed by atoms with Crippen LogP contribution in [0.15, 0.2) is 23.1 Å². The molecule has 0 aliphatic rings. The van der Waals surface area contributed by atoms with Gasteiger partial charge in [-0.25, -0.2) is 0 Å². The van der Waals surface area contributed by atoms with E-state index < -0.39 is 0 Å². The SMILES string of the molecule is CCCCSc1ccc(Cl)cc1CN. The Morgan fingerprint density at radius 1 is 1.43 bits per heavy atom. The van der Waals surface area contributed by atoms with Crippen molar-refractivity contribution in [3.8, 4) is 0 Å². The normalized spacial score (nSPS) is 10.5. The molecule has 1 rings (SSSR count). The maximum atomic E-state index is 5.89. The molecule has 0 aromatic heterocycles. The van der Waals surface area contributed by atoms with Gasteiger partial charge in [-0.3, -0.25) is 0 Å². The van der Waals surface area contributed by atoms with Crippen LogP contribution in [0.4, 0.5) is 0 Å². The molecule has 0 heterocycles. The molecule has 3 heteroatoms. The summed E-state index contributed by atoms with van der Waals surface area (Å²) in [5.74, 6) is 1.16. The Bertz CT molecular complexity index is 289. The van der Waals surface area contributed by atoms with E-state index in [-0.39, 0.29) is 0 Å². The largest absolute Gasteiger partial charge is 0.326 e. The van der Waals surface area contributed by atoms with E-state index in [2.05, 4.69) is 13.0 Å². The minimum Gasteiger partial charge on any atom is -0.326 e. The topological polar surface area (TPSA) is 26.0 Å². The van der Waals surface area contributed by atoms with Crippen molar-refractivity contribution >= 4 is 23.4 Å². The van der Waals surface area contributed by atoms with Crippen LogP contribution in [0.25, 0.3) is 0 Å². The summed E-state index contributed by atoms with van der Waals surface area (Å²) in [6, 6.07) is 5.94. The average Bonchev–Trinajstić information content (AvgIpc) is 2.20. The van der Waals surface area contributed by atoms with Gasteiger partial charge in [0, 0.05) is 16.5 Å². The highest BCUT2D eigenvalue weighted by molar-refractivity contribution is 7.99. The van der Waals surface area contributed by atoms with E-state index in [4.69, 9.17) is 17.3 Å². The molecule has 0 amide bonds. The Balaban J connectivity index is 2.65. The van der Waals surface area contributed by atoms with E-state index in [0.717, 1.165) is 16.3 Å². The van der Waals surface area contributed by atoms with Crippen molar-refractivity contribution in [3.63, 3.8) is 0 Å². The van der Waals surface area contributed by atoms with Gasteiger partial charge in [0.2, 0.25) is 0 Å². The first kappa shape index (κ1) is 11.9. The summed E-state index contributed by atoms with van der Waals surface area (Å²) in [6.45, 7) is 2.77. The summed E-state index contributed by atoms with van der Waals surface area (Å²) in [4.78, 5) is 1.27. The number of unbranched alkanes of at least 4 members (excludes halogenated alkanes) is 1. The Labute approximate surface area is 95.0 Å². The van der Waals surface area contributed by atoms with Crippen molar-refractivity contribution in [3.05, 3.63) is 28.8 Å². The lowest BCUT2D eigenvalue weighted by Crippen LogP contribution is -1.98. The molecule has 0 aliphatic heterocycles. The molecule has 0 radical (unpaired) electrons. The zero-order chi connectivity index (χ0) is 10.4. The van der Waals surface area contributed by atoms with E-state index in [0.29, 0.717) is 6.54 Å². The Kier molecular flexibility index (Phi) is 5.38. The fourth-order valence-electron chi connectivity index (χ4n) is 1.17. The van der Waals surface area contributed by atoms with Gasteiger partial charge >= 0.3 is 0 Å². The molecule has 0 aliphatic carbocycles. The standard InChI is InChI=1S/C11H16ClNS/c1-2-3-6-14-11-5-4-10(12)7-9(11)8-13/h4-5,7H,2-3,6,8,13H2,1H3. The summed E-state index contributed by atoms with van der Waals surface area (Å²) < 4.78 is 0. The molecular weight excluding hydrogens is 214 g/mol. The third-order valence-electron chi connectivity index (χ3n) is 2.00. The first-order valence-electron chi connectivity index (χ1n) is 4.89. The molecular formula is C11H16ClNS. The predicted molar refractivity (Wildman–Crippen MR) is 65.0 cm³/mol. The van der Waals surface area contributed by atoms with Crippen LogP contribution < -0.4 is 5.73 Å². The molecule has 0 fully saturated rings. The molecule has 0 bridgehead atoms. The predicted octanol–water partition coefficient (Wildman–Crippen LogP) is 3.69. The molecule has 0 saturated heterocycles. The van der Waals surface area contributed by atoms with Crippen molar-refractivity contribution in [2.24, 2.45) is 5.73 Å². The van der Waals surface area contributed by atoms with Gasteiger partial charge in [0.05, 0.1) is 0 Å². The van der Waals surface area contributed by atoms with Crippen molar-refractivity contribution in [1.82, 2.24) is 0 Å². The maximum absolute atomic E-state index is 5.89. The fraction of sp³-hybridized carbons (Fsp3) is 0.455. The van der Waals surface area contributed by atoms with Gasteiger partial charge in [0.1, 0.15) is 0 Å². The van der Waals surface area contributed by atoms with E-state index in [1.165, 1.54) is 17.7 Å². The lowest BCUT2D eigenvalue weighted by Gasteiger charge is -2.07.